The molecule has 1 heteroatoms. The zero-order valence-electron chi connectivity index (χ0n) is 10.7. The number of ether oxygens (including phenoxy) is 1. The molecule has 92 valence electrons. The maximum Gasteiger partial charge on any atom is 0.123 e. The highest BCUT2D eigenvalue weighted by atomic mass is 16.5. The third kappa shape index (κ3) is 1.90. The highest BCUT2D eigenvalue weighted by Crippen LogP contribution is 2.41. The molecule has 0 aliphatic heterocycles. The summed E-state index contributed by atoms with van der Waals surface area (Å²) in [6.07, 6.45) is 2.38. The van der Waals surface area contributed by atoms with E-state index in [-0.39, 0.29) is 0 Å². The number of para-hydroxylation sites is 1. The molecule has 0 heterocycles. The highest BCUT2D eigenvalue weighted by molar-refractivity contribution is 5.47. The van der Waals surface area contributed by atoms with Gasteiger partial charge in [0.2, 0.25) is 0 Å². The van der Waals surface area contributed by atoms with Crippen molar-refractivity contribution in [2.75, 3.05) is 6.61 Å². The van der Waals surface area contributed by atoms with E-state index < -0.39 is 0 Å². The van der Waals surface area contributed by atoms with Gasteiger partial charge < -0.3 is 4.74 Å². The largest absolute Gasteiger partial charge is 0.494 e. The Morgan fingerprint density at radius 3 is 2.56 bits per heavy atom. The van der Waals surface area contributed by atoms with Crippen molar-refractivity contribution in [1.82, 2.24) is 0 Å². The quantitative estimate of drug-likeness (QED) is 0.780. The van der Waals surface area contributed by atoms with Gasteiger partial charge in [-0.25, -0.2) is 0 Å². The SMILES string of the molecule is CCOc1ccccc1C1CCc2ccccc21. The van der Waals surface area contributed by atoms with Crippen LogP contribution in [-0.2, 0) is 6.42 Å². The first-order valence-corrected chi connectivity index (χ1v) is 6.69. The van der Waals surface area contributed by atoms with Crippen LogP contribution >= 0.6 is 0 Å². The molecule has 1 aliphatic carbocycles. The lowest BCUT2D eigenvalue weighted by atomic mass is 9.92. The molecule has 1 unspecified atom stereocenters. The molecule has 3 rings (SSSR count). The predicted octanol–water partition coefficient (Wildman–Crippen LogP) is 4.16. The minimum Gasteiger partial charge on any atom is -0.494 e. The van der Waals surface area contributed by atoms with Crippen LogP contribution in [0.25, 0.3) is 0 Å². The van der Waals surface area contributed by atoms with E-state index >= 15 is 0 Å². The van der Waals surface area contributed by atoms with Crippen LogP contribution in [0.5, 0.6) is 5.75 Å². The number of rotatable bonds is 3. The van der Waals surface area contributed by atoms with Gasteiger partial charge in [0.05, 0.1) is 6.61 Å². The van der Waals surface area contributed by atoms with E-state index in [2.05, 4.69) is 48.5 Å². The second kappa shape index (κ2) is 4.85. The smallest absolute Gasteiger partial charge is 0.123 e. The molecule has 0 fully saturated rings. The first kappa shape index (κ1) is 11.3. The van der Waals surface area contributed by atoms with Crippen molar-refractivity contribution in [2.45, 2.75) is 25.7 Å². The Morgan fingerprint density at radius 1 is 1.00 bits per heavy atom. The molecule has 1 atom stereocenters. The summed E-state index contributed by atoms with van der Waals surface area (Å²) in [7, 11) is 0. The molecule has 2 aromatic carbocycles. The van der Waals surface area contributed by atoms with Crippen LogP contribution in [0.2, 0.25) is 0 Å². The molecule has 18 heavy (non-hydrogen) atoms. The van der Waals surface area contributed by atoms with Gasteiger partial charge in [-0.1, -0.05) is 42.5 Å². The van der Waals surface area contributed by atoms with Crippen molar-refractivity contribution >= 4 is 0 Å². The Labute approximate surface area is 108 Å². The number of benzene rings is 2. The van der Waals surface area contributed by atoms with E-state index in [1.165, 1.54) is 29.5 Å². The van der Waals surface area contributed by atoms with Gasteiger partial charge in [-0.05, 0) is 37.0 Å². The van der Waals surface area contributed by atoms with Gasteiger partial charge >= 0.3 is 0 Å². The monoisotopic (exact) mass is 238 g/mol. The minimum atomic E-state index is 0.504. The van der Waals surface area contributed by atoms with Gasteiger partial charge in [0.1, 0.15) is 5.75 Å². The number of hydrogen-bond acceptors (Lipinski definition) is 1. The molecule has 1 nitrogen and oxygen atoms in total. The van der Waals surface area contributed by atoms with Crippen molar-refractivity contribution < 1.29 is 4.74 Å². The fraction of sp³-hybridized carbons (Fsp3) is 0.294. The third-order valence-corrected chi connectivity index (χ3v) is 3.73. The van der Waals surface area contributed by atoms with E-state index in [1.807, 2.05) is 6.92 Å². The Bertz CT molecular complexity index is 545. The van der Waals surface area contributed by atoms with E-state index in [1.54, 1.807) is 0 Å². The molecular formula is C17H18O. The van der Waals surface area contributed by atoms with Crippen molar-refractivity contribution in [1.29, 1.82) is 0 Å². The van der Waals surface area contributed by atoms with Gasteiger partial charge in [-0.2, -0.15) is 0 Å². The summed E-state index contributed by atoms with van der Waals surface area (Å²) in [6, 6.07) is 17.2. The lowest BCUT2D eigenvalue weighted by Gasteiger charge is -2.16. The molecule has 0 N–H and O–H groups in total. The maximum atomic E-state index is 5.76. The molecule has 0 radical (unpaired) electrons. The average molecular weight is 238 g/mol. The van der Waals surface area contributed by atoms with Crippen molar-refractivity contribution in [3.63, 3.8) is 0 Å². The first-order valence-electron chi connectivity index (χ1n) is 6.69. The van der Waals surface area contributed by atoms with Crippen molar-refractivity contribution in [2.24, 2.45) is 0 Å². The molecule has 0 spiro atoms. The Morgan fingerprint density at radius 2 is 1.72 bits per heavy atom. The zero-order chi connectivity index (χ0) is 12.4. The molecular weight excluding hydrogens is 220 g/mol. The van der Waals surface area contributed by atoms with Crippen LogP contribution in [0.3, 0.4) is 0 Å². The second-order valence-electron chi connectivity index (χ2n) is 4.76. The van der Waals surface area contributed by atoms with Gasteiger partial charge in [0.25, 0.3) is 0 Å². The normalized spacial score (nSPS) is 17.5. The van der Waals surface area contributed by atoms with Crippen LogP contribution in [-0.4, -0.2) is 6.61 Å². The predicted molar refractivity (Wildman–Crippen MR) is 74.2 cm³/mol. The lowest BCUT2D eigenvalue weighted by molar-refractivity contribution is 0.335. The van der Waals surface area contributed by atoms with Gasteiger partial charge in [0, 0.05) is 11.5 Å². The van der Waals surface area contributed by atoms with Gasteiger partial charge in [-0.15, -0.1) is 0 Å². The molecule has 0 saturated heterocycles. The summed E-state index contributed by atoms with van der Waals surface area (Å²) in [4.78, 5) is 0. The van der Waals surface area contributed by atoms with Crippen LogP contribution in [0.1, 0.15) is 36.0 Å². The first-order chi connectivity index (χ1) is 8.90. The maximum absolute atomic E-state index is 5.76. The van der Waals surface area contributed by atoms with E-state index in [0.717, 1.165) is 12.4 Å². The summed E-state index contributed by atoms with van der Waals surface area (Å²) in [6.45, 7) is 2.77. The topological polar surface area (TPSA) is 9.23 Å². The van der Waals surface area contributed by atoms with Crippen LogP contribution in [0.4, 0.5) is 0 Å². The van der Waals surface area contributed by atoms with Crippen LogP contribution in [0.15, 0.2) is 48.5 Å². The standard InChI is InChI=1S/C17H18O/c1-2-18-17-10-6-5-9-16(17)15-12-11-13-7-3-4-8-14(13)15/h3-10,15H,2,11-12H2,1H3. The Hall–Kier alpha value is -1.76. The summed E-state index contributed by atoms with van der Waals surface area (Å²) in [5, 5.41) is 0. The molecule has 1 aliphatic rings. The summed E-state index contributed by atoms with van der Waals surface area (Å²) >= 11 is 0. The molecule has 0 saturated carbocycles. The molecule has 0 amide bonds. The lowest BCUT2D eigenvalue weighted by Crippen LogP contribution is -2.01. The molecule has 2 aromatic rings. The average Bonchev–Trinajstić information content (AvgIpc) is 2.84. The summed E-state index contributed by atoms with van der Waals surface area (Å²) in [5.74, 6) is 1.55. The summed E-state index contributed by atoms with van der Waals surface area (Å²) < 4.78 is 5.76. The van der Waals surface area contributed by atoms with E-state index in [0.29, 0.717) is 5.92 Å². The molecule has 0 aromatic heterocycles. The fourth-order valence-electron chi connectivity index (χ4n) is 2.94. The zero-order valence-corrected chi connectivity index (χ0v) is 10.7. The Kier molecular flexibility index (Phi) is 3.06. The number of hydrogen-bond donors (Lipinski definition) is 0. The van der Waals surface area contributed by atoms with Crippen molar-refractivity contribution in [3.8, 4) is 5.75 Å². The second-order valence-corrected chi connectivity index (χ2v) is 4.76. The number of aryl methyl sites for hydroxylation is 1. The van der Waals surface area contributed by atoms with Crippen LogP contribution < -0.4 is 4.74 Å². The van der Waals surface area contributed by atoms with Crippen LogP contribution in [0, 0.1) is 0 Å². The minimum absolute atomic E-state index is 0.504. The fourth-order valence-corrected chi connectivity index (χ4v) is 2.94. The Balaban J connectivity index is 2.02. The number of fused-ring (bicyclic) bond motifs is 1. The van der Waals surface area contributed by atoms with Crippen molar-refractivity contribution in [3.05, 3.63) is 65.2 Å². The van der Waals surface area contributed by atoms with E-state index in [4.69, 9.17) is 4.74 Å². The highest BCUT2D eigenvalue weighted by Gasteiger charge is 2.25. The van der Waals surface area contributed by atoms with E-state index in [9.17, 15) is 0 Å². The third-order valence-electron chi connectivity index (χ3n) is 3.73. The summed E-state index contributed by atoms with van der Waals surface area (Å²) in [5.41, 5.74) is 4.31. The van der Waals surface area contributed by atoms with Gasteiger partial charge in [-0.3, -0.25) is 0 Å². The molecule has 0 bridgehead atoms. The van der Waals surface area contributed by atoms with Gasteiger partial charge in [0.15, 0.2) is 0 Å².